The van der Waals surface area contributed by atoms with E-state index in [4.69, 9.17) is 0 Å². The average molecular weight is 304 g/mol. The summed E-state index contributed by atoms with van der Waals surface area (Å²) in [6, 6.07) is 12.1. The molecule has 0 radical (unpaired) electrons. The van der Waals surface area contributed by atoms with E-state index in [0.717, 1.165) is 17.7 Å². The lowest BCUT2D eigenvalue weighted by Crippen LogP contribution is -2.36. The van der Waals surface area contributed by atoms with E-state index in [2.05, 4.69) is 10.6 Å². The van der Waals surface area contributed by atoms with Crippen LogP contribution in [0.3, 0.4) is 0 Å². The topological polar surface area (TPSA) is 58.2 Å². The summed E-state index contributed by atoms with van der Waals surface area (Å²) < 4.78 is 26.1. The molecular formula is C16H14F2N2O2. The van der Waals surface area contributed by atoms with Gasteiger partial charge in [-0.05, 0) is 24.1 Å². The Labute approximate surface area is 126 Å². The van der Waals surface area contributed by atoms with E-state index in [1.165, 1.54) is 0 Å². The molecular weight excluding hydrogens is 290 g/mol. The molecule has 6 heteroatoms. The fourth-order valence-electron chi connectivity index (χ4n) is 1.82. The smallest absolute Gasteiger partial charge is 0.313 e. The number of rotatable bonds is 4. The second-order valence-corrected chi connectivity index (χ2v) is 4.57. The van der Waals surface area contributed by atoms with Gasteiger partial charge >= 0.3 is 11.8 Å². The summed E-state index contributed by atoms with van der Waals surface area (Å²) in [6.45, 7) is 0.280. The van der Waals surface area contributed by atoms with E-state index < -0.39 is 23.4 Å². The first kappa shape index (κ1) is 15.6. The minimum absolute atomic E-state index is 0.246. The first-order valence-corrected chi connectivity index (χ1v) is 6.64. The molecule has 2 N–H and O–H groups in total. The van der Waals surface area contributed by atoms with E-state index in [0.29, 0.717) is 12.5 Å². The van der Waals surface area contributed by atoms with Gasteiger partial charge in [-0.25, -0.2) is 8.78 Å². The predicted octanol–water partition coefficient (Wildman–Crippen LogP) is 2.26. The molecule has 4 nitrogen and oxygen atoms in total. The van der Waals surface area contributed by atoms with Crippen LogP contribution < -0.4 is 10.6 Å². The Bertz CT molecular complexity index is 675. The lowest BCUT2D eigenvalue weighted by Gasteiger charge is -2.07. The predicted molar refractivity (Wildman–Crippen MR) is 78.1 cm³/mol. The van der Waals surface area contributed by atoms with Crippen LogP contribution in [0.25, 0.3) is 0 Å². The van der Waals surface area contributed by atoms with Crippen molar-refractivity contribution in [1.82, 2.24) is 5.32 Å². The Kier molecular flexibility index (Phi) is 5.19. The molecule has 22 heavy (non-hydrogen) atoms. The molecule has 0 saturated carbocycles. The van der Waals surface area contributed by atoms with Crippen molar-refractivity contribution in [2.75, 3.05) is 11.9 Å². The van der Waals surface area contributed by atoms with Crippen LogP contribution in [0, 0.1) is 11.6 Å². The van der Waals surface area contributed by atoms with Crippen molar-refractivity contribution in [2.24, 2.45) is 0 Å². The van der Waals surface area contributed by atoms with Crippen LogP contribution in [-0.2, 0) is 16.0 Å². The molecule has 2 amide bonds. The van der Waals surface area contributed by atoms with E-state index in [1.54, 1.807) is 0 Å². The largest absolute Gasteiger partial charge is 0.347 e. The highest BCUT2D eigenvalue weighted by Crippen LogP contribution is 2.14. The molecule has 0 aliphatic heterocycles. The lowest BCUT2D eigenvalue weighted by molar-refractivity contribution is -0.136. The summed E-state index contributed by atoms with van der Waals surface area (Å²) in [7, 11) is 0. The highest BCUT2D eigenvalue weighted by Gasteiger charge is 2.15. The first-order chi connectivity index (χ1) is 10.6. The van der Waals surface area contributed by atoms with Crippen LogP contribution in [0.5, 0.6) is 0 Å². The van der Waals surface area contributed by atoms with Crippen LogP contribution in [0.15, 0.2) is 48.5 Å². The van der Waals surface area contributed by atoms with Crippen LogP contribution >= 0.6 is 0 Å². The van der Waals surface area contributed by atoms with Gasteiger partial charge in [-0.1, -0.05) is 30.3 Å². The second kappa shape index (κ2) is 7.31. The minimum atomic E-state index is -1.00. The SMILES string of the molecule is O=C(NCCc1ccccc1)C(=O)Nc1ccc(F)cc1F. The van der Waals surface area contributed by atoms with Crippen molar-refractivity contribution in [3.63, 3.8) is 0 Å². The van der Waals surface area contributed by atoms with E-state index in [9.17, 15) is 18.4 Å². The average Bonchev–Trinajstić information content (AvgIpc) is 2.51. The molecule has 0 aromatic heterocycles. The van der Waals surface area contributed by atoms with Gasteiger partial charge in [0.05, 0.1) is 5.69 Å². The van der Waals surface area contributed by atoms with E-state index in [1.807, 2.05) is 30.3 Å². The lowest BCUT2D eigenvalue weighted by atomic mass is 10.1. The van der Waals surface area contributed by atoms with Crippen LogP contribution in [-0.4, -0.2) is 18.4 Å². The number of halogens is 2. The van der Waals surface area contributed by atoms with Gasteiger partial charge in [0.15, 0.2) is 0 Å². The zero-order valence-corrected chi connectivity index (χ0v) is 11.6. The quantitative estimate of drug-likeness (QED) is 0.851. The molecule has 2 aromatic rings. The van der Waals surface area contributed by atoms with Crippen molar-refractivity contribution in [3.05, 3.63) is 65.7 Å². The van der Waals surface area contributed by atoms with Gasteiger partial charge in [0, 0.05) is 12.6 Å². The maximum atomic E-state index is 13.4. The van der Waals surface area contributed by atoms with Gasteiger partial charge in [-0.2, -0.15) is 0 Å². The zero-order chi connectivity index (χ0) is 15.9. The normalized spacial score (nSPS) is 10.1. The molecule has 0 unspecified atom stereocenters. The van der Waals surface area contributed by atoms with E-state index in [-0.39, 0.29) is 12.2 Å². The van der Waals surface area contributed by atoms with Gasteiger partial charge in [0.25, 0.3) is 0 Å². The Morgan fingerprint density at radius 1 is 0.955 bits per heavy atom. The van der Waals surface area contributed by atoms with E-state index >= 15 is 0 Å². The Morgan fingerprint density at radius 3 is 2.36 bits per heavy atom. The second-order valence-electron chi connectivity index (χ2n) is 4.57. The molecule has 2 rings (SSSR count). The maximum absolute atomic E-state index is 13.4. The summed E-state index contributed by atoms with van der Waals surface area (Å²) in [5, 5.41) is 4.53. The van der Waals surface area contributed by atoms with Crippen molar-refractivity contribution < 1.29 is 18.4 Å². The summed E-state index contributed by atoms with van der Waals surface area (Å²) in [4.78, 5) is 23.2. The number of nitrogens with one attached hydrogen (secondary N) is 2. The molecule has 0 spiro atoms. The molecule has 2 aromatic carbocycles. The van der Waals surface area contributed by atoms with Gasteiger partial charge in [0.1, 0.15) is 11.6 Å². The molecule has 114 valence electrons. The first-order valence-electron chi connectivity index (χ1n) is 6.64. The maximum Gasteiger partial charge on any atom is 0.313 e. The highest BCUT2D eigenvalue weighted by atomic mass is 19.1. The third-order valence-electron chi connectivity index (χ3n) is 2.93. The van der Waals surface area contributed by atoms with Gasteiger partial charge in [-0.3, -0.25) is 9.59 Å². The van der Waals surface area contributed by atoms with Gasteiger partial charge in [0.2, 0.25) is 0 Å². The molecule has 0 bridgehead atoms. The number of hydrogen-bond donors (Lipinski definition) is 2. The monoisotopic (exact) mass is 304 g/mol. The van der Waals surface area contributed by atoms with Crippen molar-refractivity contribution >= 4 is 17.5 Å². The van der Waals surface area contributed by atoms with Crippen LogP contribution in [0.2, 0.25) is 0 Å². The van der Waals surface area contributed by atoms with Crippen molar-refractivity contribution in [3.8, 4) is 0 Å². The Hall–Kier alpha value is -2.76. The summed E-state index contributed by atoms with van der Waals surface area (Å²) in [5.41, 5.74) is 0.775. The molecule has 0 aliphatic rings. The fourth-order valence-corrected chi connectivity index (χ4v) is 1.82. The highest BCUT2D eigenvalue weighted by molar-refractivity contribution is 6.39. The number of amides is 2. The summed E-state index contributed by atoms with van der Waals surface area (Å²) in [5.74, 6) is -3.58. The zero-order valence-electron chi connectivity index (χ0n) is 11.6. The fraction of sp³-hybridized carbons (Fsp3) is 0.125. The minimum Gasteiger partial charge on any atom is -0.347 e. The van der Waals surface area contributed by atoms with Crippen molar-refractivity contribution in [1.29, 1.82) is 0 Å². The molecule has 0 fully saturated rings. The molecule has 0 atom stereocenters. The molecule has 0 heterocycles. The third-order valence-corrected chi connectivity index (χ3v) is 2.93. The number of anilines is 1. The third kappa shape index (κ3) is 4.37. The summed E-state index contributed by atoms with van der Waals surface area (Å²) >= 11 is 0. The van der Waals surface area contributed by atoms with Crippen LogP contribution in [0.4, 0.5) is 14.5 Å². The molecule has 0 aliphatic carbocycles. The van der Waals surface area contributed by atoms with Crippen LogP contribution in [0.1, 0.15) is 5.56 Å². The van der Waals surface area contributed by atoms with Gasteiger partial charge < -0.3 is 10.6 Å². The standard InChI is InChI=1S/C16H14F2N2O2/c17-12-6-7-14(13(18)10-12)20-16(22)15(21)19-9-8-11-4-2-1-3-5-11/h1-7,10H,8-9H2,(H,19,21)(H,20,22). The Balaban J connectivity index is 1.83. The number of hydrogen-bond acceptors (Lipinski definition) is 2. The number of carbonyl (C=O) groups is 2. The summed E-state index contributed by atoms with van der Waals surface area (Å²) in [6.07, 6.45) is 0.574. The van der Waals surface area contributed by atoms with Crippen molar-refractivity contribution in [2.45, 2.75) is 6.42 Å². The number of carbonyl (C=O) groups excluding carboxylic acids is 2. The number of benzene rings is 2. The van der Waals surface area contributed by atoms with Gasteiger partial charge in [-0.15, -0.1) is 0 Å². The Morgan fingerprint density at radius 2 is 1.68 bits per heavy atom. The molecule has 0 saturated heterocycles.